The first kappa shape index (κ1) is 18.9. The Kier molecular flexibility index (Phi) is 5.46. The molecule has 0 aromatic heterocycles. The SMILES string of the molecule is CC(=O)N1CC(C(=O)Nc2ccc(OC(F)F)c(Cl)c2)Oc2ccccc21. The number of carbonyl (C=O) groups is 2. The minimum absolute atomic E-state index is 0.0402. The number of hydrogen-bond acceptors (Lipinski definition) is 4. The van der Waals surface area contributed by atoms with Crippen molar-refractivity contribution >= 4 is 34.8 Å². The Balaban J connectivity index is 1.75. The van der Waals surface area contributed by atoms with E-state index in [9.17, 15) is 18.4 Å². The van der Waals surface area contributed by atoms with Crippen molar-refractivity contribution in [2.75, 3.05) is 16.8 Å². The molecule has 1 atom stereocenters. The number of nitrogens with zero attached hydrogens (tertiary/aromatic N) is 1. The zero-order valence-electron chi connectivity index (χ0n) is 14.1. The maximum Gasteiger partial charge on any atom is 0.387 e. The fourth-order valence-electron chi connectivity index (χ4n) is 2.66. The lowest BCUT2D eigenvalue weighted by Crippen LogP contribution is -2.48. The molecule has 1 aliphatic heterocycles. The molecule has 0 saturated carbocycles. The molecule has 0 saturated heterocycles. The third kappa shape index (κ3) is 4.28. The lowest BCUT2D eigenvalue weighted by atomic mass is 10.1. The molecule has 1 unspecified atom stereocenters. The van der Waals surface area contributed by atoms with Crippen molar-refractivity contribution in [2.45, 2.75) is 19.6 Å². The molecule has 0 aliphatic carbocycles. The molecule has 6 nitrogen and oxygen atoms in total. The second-order valence-electron chi connectivity index (χ2n) is 5.72. The highest BCUT2D eigenvalue weighted by Gasteiger charge is 2.32. The Morgan fingerprint density at radius 2 is 2.04 bits per heavy atom. The highest BCUT2D eigenvalue weighted by molar-refractivity contribution is 6.32. The molecule has 142 valence electrons. The summed E-state index contributed by atoms with van der Waals surface area (Å²) in [5, 5.41) is 2.52. The Labute approximate surface area is 158 Å². The summed E-state index contributed by atoms with van der Waals surface area (Å²) in [7, 11) is 0. The van der Waals surface area contributed by atoms with Gasteiger partial charge in [0.25, 0.3) is 5.91 Å². The molecule has 1 N–H and O–H groups in total. The molecular weight excluding hydrogens is 382 g/mol. The maximum absolute atomic E-state index is 12.6. The first-order chi connectivity index (χ1) is 12.8. The van der Waals surface area contributed by atoms with Crippen LogP contribution in [-0.4, -0.2) is 31.1 Å². The van der Waals surface area contributed by atoms with E-state index in [1.54, 1.807) is 24.3 Å². The van der Waals surface area contributed by atoms with E-state index in [2.05, 4.69) is 10.1 Å². The molecule has 27 heavy (non-hydrogen) atoms. The van der Waals surface area contributed by atoms with Crippen LogP contribution in [0, 0.1) is 0 Å². The van der Waals surface area contributed by atoms with Crippen LogP contribution >= 0.6 is 11.6 Å². The lowest BCUT2D eigenvalue weighted by Gasteiger charge is -2.33. The number of nitrogens with one attached hydrogen (secondary N) is 1. The first-order valence-corrected chi connectivity index (χ1v) is 8.32. The number of fused-ring (bicyclic) bond motifs is 1. The average Bonchev–Trinajstić information content (AvgIpc) is 2.62. The Morgan fingerprint density at radius 1 is 1.30 bits per heavy atom. The van der Waals surface area contributed by atoms with Gasteiger partial charge in [0.2, 0.25) is 5.91 Å². The van der Waals surface area contributed by atoms with Crippen LogP contribution in [0.15, 0.2) is 42.5 Å². The standard InChI is InChI=1S/C18H15ClF2N2O4/c1-10(24)23-9-16(26-15-5-3-2-4-13(15)23)17(25)22-11-6-7-14(12(19)8-11)27-18(20)21/h2-8,16,18H,9H2,1H3,(H,22,25). The molecule has 2 aromatic rings. The first-order valence-electron chi connectivity index (χ1n) is 7.94. The van der Waals surface area contributed by atoms with Crippen molar-refractivity contribution in [3.8, 4) is 11.5 Å². The van der Waals surface area contributed by atoms with Gasteiger partial charge >= 0.3 is 6.61 Å². The molecule has 0 fully saturated rings. The van der Waals surface area contributed by atoms with Gasteiger partial charge in [-0.15, -0.1) is 0 Å². The summed E-state index contributed by atoms with van der Waals surface area (Å²) >= 11 is 5.88. The van der Waals surface area contributed by atoms with Crippen molar-refractivity contribution in [1.29, 1.82) is 0 Å². The predicted octanol–water partition coefficient (Wildman–Crippen LogP) is 3.69. The molecular formula is C18H15ClF2N2O4. The van der Waals surface area contributed by atoms with E-state index in [1.807, 2.05) is 0 Å². The number of alkyl halides is 2. The van der Waals surface area contributed by atoms with Gasteiger partial charge in [-0.25, -0.2) is 0 Å². The second-order valence-corrected chi connectivity index (χ2v) is 6.12. The van der Waals surface area contributed by atoms with Crippen molar-refractivity contribution in [2.24, 2.45) is 0 Å². The van der Waals surface area contributed by atoms with Crippen LogP contribution in [-0.2, 0) is 9.59 Å². The van der Waals surface area contributed by atoms with E-state index >= 15 is 0 Å². The summed E-state index contributed by atoms with van der Waals surface area (Å²) in [4.78, 5) is 25.9. The van der Waals surface area contributed by atoms with E-state index < -0.39 is 18.6 Å². The van der Waals surface area contributed by atoms with Gasteiger partial charge in [-0.2, -0.15) is 8.78 Å². The number of hydrogen-bond donors (Lipinski definition) is 1. The fourth-order valence-corrected chi connectivity index (χ4v) is 2.89. The van der Waals surface area contributed by atoms with Crippen molar-refractivity contribution in [3.05, 3.63) is 47.5 Å². The summed E-state index contributed by atoms with van der Waals surface area (Å²) in [6.45, 7) is -1.56. The second kappa shape index (κ2) is 7.79. The summed E-state index contributed by atoms with van der Waals surface area (Å²) in [5.41, 5.74) is 0.869. The van der Waals surface area contributed by atoms with Crippen molar-refractivity contribution in [1.82, 2.24) is 0 Å². The van der Waals surface area contributed by atoms with Crippen LogP contribution in [0.5, 0.6) is 11.5 Å². The molecule has 1 heterocycles. The minimum atomic E-state index is -3.00. The van der Waals surface area contributed by atoms with E-state index in [1.165, 1.54) is 30.0 Å². The monoisotopic (exact) mass is 396 g/mol. The molecule has 9 heteroatoms. The van der Waals surface area contributed by atoms with Gasteiger partial charge in [0.1, 0.15) is 11.5 Å². The van der Waals surface area contributed by atoms with E-state index in [0.29, 0.717) is 11.4 Å². The zero-order valence-corrected chi connectivity index (χ0v) is 14.9. The number of anilines is 2. The van der Waals surface area contributed by atoms with Crippen LogP contribution in [0.3, 0.4) is 0 Å². The highest BCUT2D eigenvalue weighted by atomic mass is 35.5. The van der Waals surface area contributed by atoms with Gasteiger partial charge in [0.15, 0.2) is 6.10 Å². The zero-order chi connectivity index (χ0) is 19.6. The summed E-state index contributed by atoms with van der Waals surface area (Å²) in [6, 6.07) is 10.8. The topological polar surface area (TPSA) is 67.9 Å². The van der Waals surface area contributed by atoms with E-state index in [4.69, 9.17) is 16.3 Å². The fraction of sp³-hybridized carbons (Fsp3) is 0.222. The quantitative estimate of drug-likeness (QED) is 0.855. The number of rotatable bonds is 4. The lowest BCUT2D eigenvalue weighted by molar-refractivity contribution is -0.123. The van der Waals surface area contributed by atoms with Crippen LogP contribution in [0.25, 0.3) is 0 Å². The van der Waals surface area contributed by atoms with Crippen LogP contribution in [0.4, 0.5) is 20.2 Å². The number of para-hydroxylation sites is 2. The largest absolute Gasteiger partial charge is 0.476 e. The van der Waals surface area contributed by atoms with Gasteiger partial charge in [0, 0.05) is 12.6 Å². The number of amides is 2. The van der Waals surface area contributed by atoms with Crippen molar-refractivity contribution in [3.63, 3.8) is 0 Å². The van der Waals surface area contributed by atoms with Crippen LogP contribution < -0.4 is 19.7 Å². The Morgan fingerprint density at radius 3 is 2.70 bits per heavy atom. The number of halogens is 3. The van der Waals surface area contributed by atoms with E-state index in [-0.39, 0.29) is 28.9 Å². The summed E-state index contributed by atoms with van der Waals surface area (Å²) < 4.78 is 34.5. The van der Waals surface area contributed by atoms with Gasteiger partial charge in [0.05, 0.1) is 17.3 Å². The predicted molar refractivity (Wildman–Crippen MR) is 95.6 cm³/mol. The van der Waals surface area contributed by atoms with Gasteiger partial charge < -0.3 is 19.7 Å². The number of benzene rings is 2. The maximum atomic E-state index is 12.6. The molecule has 0 radical (unpaired) electrons. The van der Waals surface area contributed by atoms with Gasteiger partial charge in [-0.05, 0) is 30.3 Å². The summed E-state index contributed by atoms with van der Waals surface area (Å²) in [6.07, 6.45) is -0.945. The van der Waals surface area contributed by atoms with Crippen molar-refractivity contribution < 1.29 is 27.8 Å². The highest BCUT2D eigenvalue weighted by Crippen LogP contribution is 2.34. The minimum Gasteiger partial charge on any atom is -0.476 e. The number of ether oxygens (including phenoxy) is 2. The summed E-state index contributed by atoms with van der Waals surface area (Å²) in [5.74, 6) is -0.512. The molecule has 0 spiro atoms. The van der Waals surface area contributed by atoms with Gasteiger partial charge in [-0.3, -0.25) is 9.59 Å². The molecule has 2 aromatic carbocycles. The molecule has 2 amide bonds. The van der Waals surface area contributed by atoms with Gasteiger partial charge in [-0.1, -0.05) is 23.7 Å². The third-order valence-corrected chi connectivity index (χ3v) is 4.16. The van der Waals surface area contributed by atoms with Crippen LogP contribution in [0.1, 0.15) is 6.92 Å². The van der Waals surface area contributed by atoms with Crippen LogP contribution in [0.2, 0.25) is 5.02 Å². The smallest absolute Gasteiger partial charge is 0.387 e. The molecule has 0 bridgehead atoms. The Bertz CT molecular complexity index is 878. The Hall–Kier alpha value is -2.87. The molecule has 1 aliphatic rings. The number of carbonyl (C=O) groups excluding carboxylic acids is 2. The normalized spacial score (nSPS) is 15.7. The van der Waals surface area contributed by atoms with E-state index in [0.717, 1.165) is 0 Å². The third-order valence-electron chi connectivity index (χ3n) is 3.86. The molecule has 3 rings (SSSR count). The average molecular weight is 397 g/mol.